The molecular formula is C16H15Cl2N2+. The van der Waals surface area contributed by atoms with Gasteiger partial charge in [0, 0.05) is 15.6 Å². The van der Waals surface area contributed by atoms with Crippen LogP contribution in [0.25, 0.3) is 0 Å². The molecule has 0 aromatic heterocycles. The summed E-state index contributed by atoms with van der Waals surface area (Å²) in [5, 5.41) is 5.89. The van der Waals surface area contributed by atoms with Gasteiger partial charge in [-0.25, -0.2) is 0 Å². The highest BCUT2D eigenvalue weighted by Gasteiger charge is 2.00. The van der Waals surface area contributed by atoms with E-state index >= 15 is 0 Å². The van der Waals surface area contributed by atoms with Crippen molar-refractivity contribution in [2.45, 2.75) is 6.92 Å². The standard InChI is InChI=1S/C16H15Cl2N2/c1-2-20(12-14-5-9-16(18)10-6-14)19-11-13-3-7-15(17)8-4-13/h3-12H,2H2,1H3/q+1/b19-11+,20-12+. The molecule has 4 heteroatoms. The molecule has 0 unspecified atom stereocenters. The minimum absolute atomic E-state index is 0.724. The Morgan fingerprint density at radius 2 is 1.40 bits per heavy atom. The molecule has 20 heavy (non-hydrogen) atoms. The van der Waals surface area contributed by atoms with E-state index in [0.29, 0.717) is 0 Å². The van der Waals surface area contributed by atoms with Gasteiger partial charge in [-0.2, -0.15) is 0 Å². The molecule has 0 aliphatic carbocycles. The Bertz CT molecular complexity index is 614. The Hall–Kier alpha value is -1.64. The number of halogens is 2. The average molecular weight is 306 g/mol. The maximum Gasteiger partial charge on any atom is 0.203 e. The van der Waals surface area contributed by atoms with E-state index in [1.54, 1.807) is 0 Å². The summed E-state index contributed by atoms with van der Waals surface area (Å²) in [5.41, 5.74) is 2.07. The van der Waals surface area contributed by atoms with Crippen LogP contribution in [-0.2, 0) is 0 Å². The van der Waals surface area contributed by atoms with Crippen molar-refractivity contribution in [2.75, 3.05) is 6.54 Å². The molecule has 0 amide bonds. The normalized spacial score (nSPS) is 12.1. The highest BCUT2D eigenvalue weighted by atomic mass is 35.5. The summed E-state index contributed by atoms with van der Waals surface area (Å²) in [4.78, 5) is 0. The topological polar surface area (TPSA) is 15.4 Å². The molecule has 2 nitrogen and oxygen atoms in total. The van der Waals surface area contributed by atoms with Crippen LogP contribution in [0.3, 0.4) is 0 Å². The predicted molar refractivity (Wildman–Crippen MR) is 86.5 cm³/mol. The molecular weight excluding hydrogens is 291 g/mol. The molecule has 0 saturated heterocycles. The van der Waals surface area contributed by atoms with Crippen molar-refractivity contribution in [2.24, 2.45) is 5.10 Å². The van der Waals surface area contributed by atoms with Crippen molar-refractivity contribution < 1.29 is 4.68 Å². The molecule has 0 aliphatic rings. The van der Waals surface area contributed by atoms with Crippen LogP contribution in [0, 0.1) is 0 Å². The molecule has 0 spiro atoms. The third-order valence-electron chi connectivity index (χ3n) is 2.72. The summed E-state index contributed by atoms with van der Waals surface area (Å²) >= 11 is 11.7. The van der Waals surface area contributed by atoms with Crippen molar-refractivity contribution in [1.82, 2.24) is 0 Å². The van der Waals surface area contributed by atoms with Crippen molar-refractivity contribution in [3.8, 4) is 0 Å². The second-order valence-corrected chi connectivity index (χ2v) is 5.11. The van der Waals surface area contributed by atoms with Gasteiger partial charge in [0.15, 0.2) is 6.54 Å². The van der Waals surface area contributed by atoms with E-state index in [4.69, 9.17) is 23.2 Å². The number of hydrazone groups is 1. The van der Waals surface area contributed by atoms with E-state index in [9.17, 15) is 0 Å². The van der Waals surface area contributed by atoms with Crippen LogP contribution in [0.1, 0.15) is 18.1 Å². The van der Waals surface area contributed by atoms with Gasteiger partial charge in [0.05, 0.1) is 0 Å². The molecule has 0 radical (unpaired) electrons. The maximum atomic E-state index is 5.87. The molecule has 0 aliphatic heterocycles. The van der Waals surface area contributed by atoms with E-state index in [2.05, 4.69) is 5.10 Å². The quantitative estimate of drug-likeness (QED) is 0.450. The van der Waals surface area contributed by atoms with Crippen LogP contribution in [0.15, 0.2) is 53.6 Å². The van der Waals surface area contributed by atoms with Crippen molar-refractivity contribution in [1.29, 1.82) is 0 Å². The average Bonchev–Trinajstić information content (AvgIpc) is 2.47. The Kier molecular flexibility index (Phi) is 5.33. The molecule has 102 valence electrons. The van der Waals surface area contributed by atoms with Crippen molar-refractivity contribution in [3.63, 3.8) is 0 Å². The lowest BCUT2D eigenvalue weighted by Gasteiger charge is -1.94. The number of benzene rings is 2. The minimum Gasteiger partial charge on any atom is -0.0909 e. The van der Waals surface area contributed by atoms with Crippen molar-refractivity contribution in [3.05, 3.63) is 69.7 Å². The Morgan fingerprint density at radius 1 is 0.900 bits per heavy atom. The van der Waals surface area contributed by atoms with Gasteiger partial charge < -0.3 is 0 Å². The fourth-order valence-corrected chi connectivity index (χ4v) is 1.87. The van der Waals surface area contributed by atoms with Gasteiger partial charge in [-0.15, -0.1) is 0 Å². The zero-order valence-corrected chi connectivity index (χ0v) is 12.6. The molecule has 0 atom stereocenters. The fraction of sp³-hybridized carbons (Fsp3) is 0.125. The first kappa shape index (κ1) is 14.8. The monoisotopic (exact) mass is 305 g/mol. The highest BCUT2D eigenvalue weighted by molar-refractivity contribution is 6.30. The molecule has 0 bridgehead atoms. The van der Waals surface area contributed by atoms with Crippen LogP contribution in [0.5, 0.6) is 0 Å². The summed E-state index contributed by atoms with van der Waals surface area (Å²) in [6, 6.07) is 15.2. The Morgan fingerprint density at radius 3 is 1.90 bits per heavy atom. The molecule has 0 fully saturated rings. The van der Waals surface area contributed by atoms with Gasteiger partial charge >= 0.3 is 0 Å². The van der Waals surface area contributed by atoms with E-state index in [1.807, 2.05) is 72.6 Å². The van der Waals surface area contributed by atoms with E-state index < -0.39 is 0 Å². The van der Waals surface area contributed by atoms with Gasteiger partial charge in [-0.1, -0.05) is 40.0 Å². The SMILES string of the molecule is CC[N+](=C\c1ccc(Cl)cc1)/N=C/c1ccc(Cl)cc1. The Labute approximate surface area is 129 Å². The van der Waals surface area contributed by atoms with Crippen LogP contribution in [-0.4, -0.2) is 23.7 Å². The lowest BCUT2D eigenvalue weighted by Crippen LogP contribution is -2.06. The smallest absolute Gasteiger partial charge is 0.0909 e. The summed E-state index contributed by atoms with van der Waals surface area (Å²) < 4.78 is 1.87. The largest absolute Gasteiger partial charge is 0.203 e. The van der Waals surface area contributed by atoms with Gasteiger partial charge in [-0.3, -0.25) is 0 Å². The number of rotatable bonds is 4. The maximum absolute atomic E-state index is 5.87. The first-order valence-corrected chi connectivity index (χ1v) is 7.09. The molecule has 2 rings (SSSR count). The third kappa shape index (κ3) is 4.48. The van der Waals surface area contributed by atoms with Gasteiger partial charge in [-0.05, 0) is 54.0 Å². The van der Waals surface area contributed by atoms with E-state index in [0.717, 1.165) is 27.7 Å². The zero-order valence-electron chi connectivity index (χ0n) is 11.1. The molecule has 0 heterocycles. The van der Waals surface area contributed by atoms with Crippen LogP contribution >= 0.6 is 23.2 Å². The van der Waals surface area contributed by atoms with Gasteiger partial charge in [0.2, 0.25) is 6.21 Å². The molecule has 2 aromatic carbocycles. The lowest BCUT2D eigenvalue weighted by atomic mass is 10.2. The number of nitrogens with zero attached hydrogens (tertiary/aromatic N) is 2. The summed E-state index contributed by atoms with van der Waals surface area (Å²) in [6.07, 6.45) is 3.79. The number of hydrogen-bond acceptors (Lipinski definition) is 1. The molecule has 0 saturated carbocycles. The van der Waals surface area contributed by atoms with Crippen molar-refractivity contribution >= 4 is 35.6 Å². The summed E-state index contributed by atoms with van der Waals surface area (Å²) in [7, 11) is 0. The second-order valence-electron chi connectivity index (χ2n) is 4.23. The zero-order chi connectivity index (χ0) is 14.4. The molecule has 0 N–H and O–H groups in total. The van der Waals surface area contributed by atoms with Gasteiger partial charge in [0.1, 0.15) is 6.21 Å². The minimum atomic E-state index is 0.724. The molecule has 2 aromatic rings. The van der Waals surface area contributed by atoms with Crippen LogP contribution in [0.4, 0.5) is 0 Å². The highest BCUT2D eigenvalue weighted by Crippen LogP contribution is 2.09. The number of hydrogen-bond donors (Lipinski definition) is 0. The predicted octanol–water partition coefficient (Wildman–Crippen LogP) is 4.48. The summed E-state index contributed by atoms with van der Waals surface area (Å²) in [6.45, 7) is 2.83. The van der Waals surface area contributed by atoms with E-state index in [1.165, 1.54) is 0 Å². The van der Waals surface area contributed by atoms with Gasteiger partial charge in [0.25, 0.3) is 0 Å². The van der Waals surface area contributed by atoms with E-state index in [-0.39, 0.29) is 0 Å². The lowest BCUT2D eigenvalue weighted by molar-refractivity contribution is -0.524. The first-order chi connectivity index (χ1) is 9.67. The second kappa shape index (κ2) is 7.22. The summed E-state index contributed by atoms with van der Waals surface area (Å²) in [5.74, 6) is 0. The fourth-order valence-electron chi connectivity index (χ4n) is 1.62. The van der Waals surface area contributed by atoms with Crippen LogP contribution < -0.4 is 0 Å². The third-order valence-corrected chi connectivity index (χ3v) is 3.22. The Balaban J connectivity index is 2.15. The van der Waals surface area contributed by atoms with Crippen LogP contribution in [0.2, 0.25) is 10.0 Å². The first-order valence-electron chi connectivity index (χ1n) is 6.34.